The van der Waals surface area contributed by atoms with Gasteiger partial charge in [-0.15, -0.1) is 0 Å². The van der Waals surface area contributed by atoms with Crippen molar-refractivity contribution in [3.63, 3.8) is 0 Å². The molecule has 35 nitrogen and oxygen atoms in total. The predicted octanol–water partition coefficient (Wildman–Crippen LogP) is 21.5. The van der Waals surface area contributed by atoms with Crippen molar-refractivity contribution in [3.05, 3.63) is 244 Å². The van der Waals surface area contributed by atoms with Crippen molar-refractivity contribution in [2.45, 2.75) is 205 Å². The molecule has 0 atom stereocenters. The summed E-state index contributed by atoms with van der Waals surface area (Å²) in [5.74, 6) is 1.54. The summed E-state index contributed by atoms with van der Waals surface area (Å²) in [6, 6.07) is 35.4. The number of nitrogens with one attached hydrogen (secondary N) is 12. The van der Waals surface area contributed by atoms with Gasteiger partial charge < -0.3 is 62.1 Å². The maximum absolute atomic E-state index is 14.9. The SMILES string of the molecule is Cc1cnc(Nc2cc(F)c(C3CCN(C)CC3)cn2)nc1Nc1cccc(NS(=O)(=O)C(C)(C)C)c1.Cc1cnc(Nc2ccc(C3CCN(C)CC3)c(F)c2)nc1Nc1ccc(F)c(NS(=O)(=O)C(C)(C)C)c1.Cc1cnc(Nc2ccc(C3CCN(C)CC3)c(F)n2)nc1Nc1ccc(F)c(NS(=O)(=O)C(C)(C)C)c1.Cc1cnc(Nc2ccc(C3CCN(C)CC3)c(F)n2)nc1Nc1cccc(NS(=O)(=O)C(C)(C)C)c1. The molecule has 16 rings (SSSR count). The lowest BCUT2D eigenvalue weighted by molar-refractivity contribution is 0.252. The number of hydrogen-bond acceptors (Lipinski definition) is 31. The molecule has 4 saturated heterocycles. The molecule has 4 aliphatic heterocycles. The van der Waals surface area contributed by atoms with Gasteiger partial charge in [-0.3, -0.25) is 18.9 Å². The normalized spacial score (nSPS) is 15.4. The molecule has 804 valence electrons. The van der Waals surface area contributed by atoms with Crippen LogP contribution in [0.1, 0.15) is 203 Å². The van der Waals surface area contributed by atoms with Crippen molar-refractivity contribution in [3.8, 4) is 0 Å². The summed E-state index contributed by atoms with van der Waals surface area (Å²) in [5, 5.41) is 24.5. The molecule has 7 aromatic heterocycles. The molecule has 4 aliphatic rings. The fourth-order valence-electron chi connectivity index (χ4n) is 16.1. The van der Waals surface area contributed by atoms with Gasteiger partial charge in [0.15, 0.2) is 0 Å². The summed E-state index contributed by atoms with van der Waals surface area (Å²) < 4.78 is 194. The Morgan fingerprint density at radius 1 is 0.267 bits per heavy atom. The van der Waals surface area contributed by atoms with Gasteiger partial charge in [0.2, 0.25) is 75.8 Å². The van der Waals surface area contributed by atoms with Crippen LogP contribution >= 0.6 is 0 Å². The standard InChI is InChI=1S/C27H34F2N6O2S.C26H33F2N7O2S.2C26H34FN7O2S/c1-17-16-30-26(32-19-6-8-21(23(29)14-19)18-10-12-35(5)13-11-18)33-25(17)31-20-7-9-22(28)24(15-20)34-38(36,37)27(2,3)4;1-16-15-29-25(32-22-9-7-19(23(28)31-22)17-10-12-35(5)13-11-17)33-24(16)30-18-6-8-20(27)21(14-18)34-38(36,37)26(2,3)4;1-17-15-29-25(31-23-14-22(27)21(16-28-23)18-9-11-34(5)12-10-18)32-24(17)30-19-7-6-8-20(13-19)33-37(35,36)26(2,3)4;1-17-16-28-25(31-22-10-9-21(23(27)30-22)18-11-13-34(5)14-12-18)32-24(17)29-19-7-6-8-20(15-19)33-37(35,36)26(2,3)4/h6-9,14-16,18,34H,10-13H2,1-5H3,(H2,30,31,32,33);6-9,14-15,17,34H,10-13H2,1-5H3,(H2,29,30,31,32,33);6-8,13-16,18,33H,9-12H2,1-5H3,(H2,28,29,30,31,32);6-10,15-16,18,33H,11-14H2,1-5H3,(H2,28,29,30,31,32). The van der Waals surface area contributed by atoms with Gasteiger partial charge in [0, 0.05) is 104 Å². The van der Waals surface area contributed by atoms with Gasteiger partial charge in [-0.05, 0) is 369 Å². The minimum absolute atomic E-state index is 0.146. The molecular weight excluding hydrogens is 2010 g/mol. The zero-order chi connectivity index (χ0) is 109. The molecule has 0 bridgehead atoms. The molecule has 0 saturated carbocycles. The van der Waals surface area contributed by atoms with E-state index in [0.717, 1.165) is 126 Å². The van der Waals surface area contributed by atoms with Gasteiger partial charge in [-0.1, -0.05) is 30.3 Å². The maximum atomic E-state index is 14.9. The van der Waals surface area contributed by atoms with E-state index in [4.69, 9.17) is 0 Å². The second-order valence-corrected chi connectivity index (χ2v) is 51.9. The third-order valence-electron chi connectivity index (χ3n) is 26.1. The molecule has 0 amide bonds. The van der Waals surface area contributed by atoms with Gasteiger partial charge in [0.25, 0.3) is 0 Å². The van der Waals surface area contributed by atoms with Crippen molar-refractivity contribution >= 4 is 156 Å². The van der Waals surface area contributed by atoms with E-state index in [1.54, 1.807) is 147 Å². The van der Waals surface area contributed by atoms with Gasteiger partial charge in [0.05, 0.1) is 41.7 Å². The first-order valence-electron chi connectivity index (χ1n) is 49.4. The fourth-order valence-corrected chi connectivity index (χ4v) is 19.1. The average molecular weight is 2150 g/mol. The predicted molar refractivity (Wildman–Crippen MR) is 585 cm³/mol. The van der Waals surface area contributed by atoms with Crippen LogP contribution in [0.15, 0.2) is 164 Å². The number of sulfonamides is 4. The van der Waals surface area contributed by atoms with E-state index < -0.39 is 82.6 Å². The highest BCUT2D eigenvalue weighted by Gasteiger charge is 2.36. The van der Waals surface area contributed by atoms with Gasteiger partial charge >= 0.3 is 0 Å². The number of hydrogen-bond donors (Lipinski definition) is 12. The lowest BCUT2D eigenvalue weighted by Gasteiger charge is -2.29. The zero-order valence-corrected chi connectivity index (χ0v) is 91.4. The van der Waals surface area contributed by atoms with E-state index >= 15 is 0 Å². The first-order valence-corrected chi connectivity index (χ1v) is 55.3. The van der Waals surface area contributed by atoms with Crippen LogP contribution in [-0.4, -0.2) is 208 Å². The Balaban J connectivity index is 0.000000167. The van der Waals surface area contributed by atoms with Gasteiger partial charge in [-0.25, -0.2) is 86.1 Å². The smallest absolute Gasteiger partial charge is 0.237 e. The number of piperidine rings is 4. The number of benzene rings is 5. The molecule has 0 spiro atoms. The van der Waals surface area contributed by atoms with Crippen molar-refractivity contribution in [2.24, 2.45) is 0 Å². The van der Waals surface area contributed by atoms with E-state index in [1.807, 2.05) is 38.1 Å². The van der Waals surface area contributed by atoms with E-state index in [-0.39, 0.29) is 76.3 Å². The van der Waals surface area contributed by atoms with E-state index in [2.05, 4.69) is 164 Å². The minimum Gasteiger partial charge on any atom is -0.340 e. The van der Waals surface area contributed by atoms with Gasteiger partial charge in [-0.2, -0.15) is 28.7 Å². The van der Waals surface area contributed by atoms with Gasteiger partial charge in [0.1, 0.15) is 64.0 Å². The molecule has 12 aromatic rings. The van der Waals surface area contributed by atoms with Crippen molar-refractivity contribution in [1.29, 1.82) is 0 Å². The molecule has 0 radical (unpaired) electrons. The number of halogens is 6. The summed E-state index contributed by atoms with van der Waals surface area (Å²) in [6.45, 7) is 33.8. The van der Waals surface area contributed by atoms with E-state index in [9.17, 15) is 60.0 Å². The van der Waals surface area contributed by atoms with Crippen LogP contribution in [0.2, 0.25) is 0 Å². The topological polar surface area (TPSA) is 436 Å². The van der Waals surface area contributed by atoms with Crippen LogP contribution < -0.4 is 61.4 Å². The average Bonchev–Trinajstić information content (AvgIpc) is 0.776. The number of nitrogens with zero attached hydrogens (tertiary/aromatic N) is 15. The first kappa shape index (κ1) is 114. The summed E-state index contributed by atoms with van der Waals surface area (Å²) >= 11 is 0. The third kappa shape index (κ3) is 30.6. The van der Waals surface area contributed by atoms with E-state index in [0.29, 0.717) is 103 Å². The van der Waals surface area contributed by atoms with Crippen LogP contribution in [0.4, 0.5) is 142 Å². The highest BCUT2D eigenvalue weighted by molar-refractivity contribution is 7.95. The monoisotopic (exact) mass is 2140 g/mol. The van der Waals surface area contributed by atoms with E-state index in [1.165, 1.54) is 84.0 Å². The van der Waals surface area contributed by atoms with Crippen LogP contribution in [0, 0.1) is 62.9 Å². The lowest BCUT2D eigenvalue weighted by Crippen LogP contribution is -2.34. The highest BCUT2D eigenvalue weighted by atomic mass is 32.2. The number of likely N-dealkylation sites (tertiary alicyclic amines) is 4. The maximum Gasteiger partial charge on any atom is 0.237 e. The Kier molecular flexibility index (Phi) is 36.4. The summed E-state index contributed by atoms with van der Waals surface area (Å²) in [6.07, 6.45) is 15.4. The summed E-state index contributed by atoms with van der Waals surface area (Å²) in [5.41, 5.74) is 8.78. The second-order valence-electron chi connectivity index (χ2n) is 42.1. The Morgan fingerprint density at radius 2 is 0.540 bits per heavy atom. The third-order valence-corrected chi connectivity index (χ3v) is 34.5. The second kappa shape index (κ2) is 47.9. The molecule has 0 unspecified atom stereocenters. The quantitative estimate of drug-likeness (QED) is 0.0160. The molecule has 45 heteroatoms. The Hall–Kier alpha value is -13.3. The Morgan fingerprint density at radius 3 is 0.860 bits per heavy atom. The molecular formula is C105H135F6N27O8S4. The molecule has 5 aromatic carbocycles. The van der Waals surface area contributed by atoms with Crippen molar-refractivity contribution in [1.82, 2.24) is 74.4 Å². The molecule has 150 heavy (non-hydrogen) atoms. The van der Waals surface area contributed by atoms with Crippen molar-refractivity contribution < 1.29 is 60.0 Å². The van der Waals surface area contributed by atoms with Crippen LogP contribution in [0.5, 0.6) is 0 Å². The number of pyridine rings is 3. The van der Waals surface area contributed by atoms with Crippen LogP contribution in [-0.2, 0) is 40.1 Å². The Labute approximate surface area is 875 Å². The Bertz CT molecular complexity index is 6850. The lowest BCUT2D eigenvalue weighted by atomic mass is 9.89. The highest BCUT2D eigenvalue weighted by Crippen LogP contribution is 2.40. The molecule has 0 aliphatic carbocycles. The summed E-state index contributed by atoms with van der Waals surface area (Å²) in [7, 11) is -6.46. The fraction of sp³-hybridized carbons (Fsp3) is 0.419. The number of aromatic nitrogens is 11. The largest absolute Gasteiger partial charge is 0.340 e. The van der Waals surface area contributed by atoms with Crippen molar-refractivity contribution in [2.75, 3.05) is 142 Å². The number of rotatable bonds is 28. The number of aryl methyl sites for hydroxylation is 4. The molecule has 11 heterocycles. The summed E-state index contributed by atoms with van der Waals surface area (Å²) in [4.78, 5) is 56.7. The minimum atomic E-state index is -3.82. The number of anilines is 20. The molecule has 4 fully saturated rings. The first-order chi connectivity index (χ1) is 70.5. The zero-order valence-electron chi connectivity index (χ0n) is 88.1. The van der Waals surface area contributed by atoms with Crippen LogP contribution in [0.25, 0.3) is 0 Å². The molecule has 12 N–H and O–H groups in total. The van der Waals surface area contributed by atoms with Crippen LogP contribution in [0.3, 0.4) is 0 Å².